The number of hydrogen-bond donors (Lipinski definition) is 0. The Kier molecular flexibility index (Phi) is 3.99. The highest BCUT2D eigenvalue weighted by Gasteiger charge is 2.33. The molecular formula is C15H17Br2NO. The van der Waals surface area contributed by atoms with Crippen LogP contribution in [-0.2, 0) is 0 Å². The van der Waals surface area contributed by atoms with E-state index in [2.05, 4.69) is 36.8 Å². The first-order valence-corrected chi connectivity index (χ1v) is 8.46. The van der Waals surface area contributed by atoms with Gasteiger partial charge >= 0.3 is 0 Å². The quantitative estimate of drug-likeness (QED) is 0.696. The highest BCUT2D eigenvalue weighted by atomic mass is 79.9. The Hall–Kier alpha value is -0.350. The summed E-state index contributed by atoms with van der Waals surface area (Å²) >= 11 is 6.94. The van der Waals surface area contributed by atoms with E-state index in [1.54, 1.807) is 0 Å². The smallest absolute Gasteiger partial charge is 0.255 e. The van der Waals surface area contributed by atoms with Crippen molar-refractivity contribution in [2.45, 2.75) is 25.7 Å². The van der Waals surface area contributed by atoms with Crippen LogP contribution in [0.4, 0.5) is 0 Å². The molecule has 0 spiro atoms. The lowest BCUT2D eigenvalue weighted by molar-refractivity contribution is 0.0503. The number of carbonyl (C=O) groups excluding carboxylic acids is 1. The number of fused-ring (bicyclic) bond motifs is 2. The van der Waals surface area contributed by atoms with Gasteiger partial charge in [-0.05, 0) is 65.2 Å². The molecule has 2 atom stereocenters. The van der Waals surface area contributed by atoms with Crippen LogP contribution in [0.1, 0.15) is 36.0 Å². The molecule has 2 fully saturated rings. The van der Waals surface area contributed by atoms with Crippen LogP contribution in [0.3, 0.4) is 0 Å². The number of piperidine rings is 1. The zero-order valence-electron chi connectivity index (χ0n) is 10.7. The number of benzene rings is 1. The van der Waals surface area contributed by atoms with E-state index in [4.69, 9.17) is 0 Å². The molecule has 1 heterocycles. The maximum atomic E-state index is 12.7. The second-order valence-electron chi connectivity index (χ2n) is 5.73. The van der Waals surface area contributed by atoms with Gasteiger partial charge in [0, 0.05) is 22.0 Å². The molecule has 4 heteroatoms. The third-order valence-corrected chi connectivity index (χ3v) is 5.48. The van der Waals surface area contributed by atoms with Gasteiger partial charge in [-0.3, -0.25) is 4.79 Å². The van der Waals surface area contributed by atoms with Gasteiger partial charge in [0.25, 0.3) is 5.91 Å². The molecule has 2 bridgehead atoms. The van der Waals surface area contributed by atoms with Crippen molar-refractivity contribution in [2.75, 3.05) is 13.1 Å². The molecule has 1 aliphatic carbocycles. The Morgan fingerprint density at radius 2 is 1.84 bits per heavy atom. The molecule has 2 unspecified atom stereocenters. The Morgan fingerprint density at radius 1 is 1.16 bits per heavy atom. The van der Waals surface area contributed by atoms with E-state index < -0.39 is 0 Å². The van der Waals surface area contributed by atoms with E-state index >= 15 is 0 Å². The fourth-order valence-electron chi connectivity index (χ4n) is 3.43. The van der Waals surface area contributed by atoms with Crippen molar-refractivity contribution >= 4 is 37.8 Å². The zero-order valence-corrected chi connectivity index (χ0v) is 13.9. The molecule has 3 rings (SSSR count). The second-order valence-corrected chi connectivity index (χ2v) is 7.50. The van der Waals surface area contributed by atoms with Crippen molar-refractivity contribution < 1.29 is 4.79 Å². The Bertz CT molecular complexity index is 491. The predicted octanol–water partition coefficient (Wildman–Crippen LogP) is 4.47. The minimum atomic E-state index is 0.171. The minimum Gasteiger partial charge on any atom is -0.338 e. The Balaban J connectivity index is 1.82. The summed E-state index contributed by atoms with van der Waals surface area (Å²) in [6.45, 7) is 1.88. The molecule has 1 aliphatic heterocycles. The molecule has 2 nitrogen and oxygen atoms in total. The van der Waals surface area contributed by atoms with Gasteiger partial charge in [0.1, 0.15) is 0 Å². The van der Waals surface area contributed by atoms with E-state index in [1.807, 2.05) is 18.2 Å². The van der Waals surface area contributed by atoms with Crippen LogP contribution < -0.4 is 0 Å². The van der Waals surface area contributed by atoms with E-state index in [0.29, 0.717) is 0 Å². The van der Waals surface area contributed by atoms with Crippen molar-refractivity contribution in [3.8, 4) is 0 Å². The van der Waals surface area contributed by atoms with Crippen LogP contribution in [0.15, 0.2) is 27.1 Å². The Morgan fingerprint density at radius 3 is 2.53 bits per heavy atom. The van der Waals surface area contributed by atoms with Crippen molar-refractivity contribution in [3.05, 3.63) is 32.7 Å². The lowest BCUT2D eigenvalue weighted by Crippen LogP contribution is -2.45. The SMILES string of the molecule is O=C(c1cc(Br)ccc1Br)N1CC2CCCC(C2)C1. The maximum absolute atomic E-state index is 12.7. The predicted molar refractivity (Wildman–Crippen MR) is 83.2 cm³/mol. The number of nitrogens with zero attached hydrogens (tertiary/aromatic N) is 1. The minimum absolute atomic E-state index is 0.171. The van der Waals surface area contributed by atoms with Gasteiger partial charge in [0.05, 0.1) is 5.56 Å². The summed E-state index contributed by atoms with van der Waals surface area (Å²) < 4.78 is 1.84. The summed E-state index contributed by atoms with van der Waals surface area (Å²) in [6.07, 6.45) is 5.25. The molecule has 0 aromatic heterocycles. The standard InChI is InChI=1S/C15H17Br2NO/c16-12-4-5-14(17)13(7-12)15(19)18-8-10-2-1-3-11(6-10)9-18/h4-5,7,10-11H,1-3,6,8-9H2. The largest absolute Gasteiger partial charge is 0.338 e. The molecule has 0 radical (unpaired) electrons. The lowest BCUT2D eigenvalue weighted by Gasteiger charge is -2.41. The number of likely N-dealkylation sites (tertiary alicyclic amines) is 1. The third kappa shape index (κ3) is 2.89. The molecule has 1 saturated heterocycles. The van der Waals surface area contributed by atoms with Crippen LogP contribution in [0.5, 0.6) is 0 Å². The summed E-state index contributed by atoms with van der Waals surface area (Å²) in [4.78, 5) is 14.7. The fraction of sp³-hybridized carbons (Fsp3) is 0.533. The van der Waals surface area contributed by atoms with Crippen LogP contribution in [0.25, 0.3) is 0 Å². The zero-order chi connectivity index (χ0) is 13.4. The second kappa shape index (κ2) is 5.57. The van der Waals surface area contributed by atoms with Crippen molar-refractivity contribution in [3.63, 3.8) is 0 Å². The molecule has 0 N–H and O–H groups in total. The number of carbonyl (C=O) groups is 1. The molecule has 19 heavy (non-hydrogen) atoms. The molecule has 1 aromatic rings. The molecule has 1 aromatic carbocycles. The number of rotatable bonds is 1. The first kappa shape index (κ1) is 13.6. The number of amides is 1. The van der Waals surface area contributed by atoms with E-state index in [0.717, 1.165) is 39.4 Å². The lowest BCUT2D eigenvalue weighted by atomic mass is 9.78. The van der Waals surface area contributed by atoms with Crippen molar-refractivity contribution in [1.29, 1.82) is 0 Å². The first-order chi connectivity index (χ1) is 9.13. The van der Waals surface area contributed by atoms with E-state index in [1.165, 1.54) is 25.7 Å². The summed E-state index contributed by atoms with van der Waals surface area (Å²) in [6, 6.07) is 5.80. The van der Waals surface area contributed by atoms with Gasteiger partial charge < -0.3 is 4.90 Å². The monoisotopic (exact) mass is 385 g/mol. The van der Waals surface area contributed by atoms with Gasteiger partial charge in [-0.25, -0.2) is 0 Å². The maximum Gasteiger partial charge on any atom is 0.255 e. The van der Waals surface area contributed by atoms with Gasteiger partial charge in [-0.1, -0.05) is 22.4 Å². The van der Waals surface area contributed by atoms with Crippen LogP contribution in [0.2, 0.25) is 0 Å². The van der Waals surface area contributed by atoms with Gasteiger partial charge in [-0.2, -0.15) is 0 Å². The Labute approximate surface area is 130 Å². The summed E-state index contributed by atoms with van der Waals surface area (Å²) in [7, 11) is 0. The molecule has 102 valence electrons. The molecule has 1 amide bonds. The topological polar surface area (TPSA) is 20.3 Å². The van der Waals surface area contributed by atoms with Crippen LogP contribution in [0, 0.1) is 11.8 Å². The number of halogens is 2. The molecule has 1 saturated carbocycles. The normalized spacial score (nSPS) is 26.3. The fourth-order valence-corrected chi connectivity index (χ4v) is 4.21. The average Bonchev–Trinajstić information content (AvgIpc) is 2.40. The molecule has 2 aliphatic rings. The summed E-state index contributed by atoms with van der Waals surface area (Å²) in [5.74, 6) is 1.62. The van der Waals surface area contributed by atoms with E-state index in [-0.39, 0.29) is 5.91 Å². The average molecular weight is 387 g/mol. The third-order valence-electron chi connectivity index (χ3n) is 4.29. The molecular weight excluding hydrogens is 370 g/mol. The van der Waals surface area contributed by atoms with Gasteiger partial charge in [-0.15, -0.1) is 0 Å². The van der Waals surface area contributed by atoms with Gasteiger partial charge in [0.2, 0.25) is 0 Å². The van der Waals surface area contributed by atoms with Crippen LogP contribution >= 0.6 is 31.9 Å². The van der Waals surface area contributed by atoms with Crippen molar-refractivity contribution in [1.82, 2.24) is 4.90 Å². The summed E-state index contributed by atoms with van der Waals surface area (Å²) in [5.41, 5.74) is 0.773. The first-order valence-electron chi connectivity index (χ1n) is 6.88. The highest BCUT2D eigenvalue weighted by molar-refractivity contribution is 9.11. The highest BCUT2D eigenvalue weighted by Crippen LogP contribution is 2.35. The summed E-state index contributed by atoms with van der Waals surface area (Å²) in [5, 5.41) is 0. The van der Waals surface area contributed by atoms with Gasteiger partial charge in [0.15, 0.2) is 0 Å². The van der Waals surface area contributed by atoms with Crippen molar-refractivity contribution in [2.24, 2.45) is 11.8 Å². The van der Waals surface area contributed by atoms with E-state index in [9.17, 15) is 4.79 Å². The van der Waals surface area contributed by atoms with Crippen LogP contribution in [-0.4, -0.2) is 23.9 Å². The number of hydrogen-bond acceptors (Lipinski definition) is 1.